The molecule has 0 bridgehead atoms. The Labute approximate surface area is 105 Å². The molecule has 3 heteroatoms. The predicted octanol–water partition coefficient (Wildman–Crippen LogP) is 2.07. The minimum absolute atomic E-state index is 0.182. The molecule has 1 amide bonds. The summed E-state index contributed by atoms with van der Waals surface area (Å²) < 4.78 is 0. The number of carbonyl (C=O) groups is 1. The van der Waals surface area contributed by atoms with E-state index in [-0.39, 0.29) is 11.3 Å². The van der Waals surface area contributed by atoms with E-state index in [1.807, 2.05) is 0 Å². The minimum Gasteiger partial charge on any atom is -0.353 e. The highest BCUT2D eigenvalue weighted by Crippen LogP contribution is 2.28. The Morgan fingerprint density at radius 3 is 2.82 bits per heavy atom. The molecule has 0 radical (unpaired) electrons. The monoisotopic (exact) mass is 238 g/mol. The van der Waals surface area contributed by atoms with Crippen LogP contribution in [0.4, 0.5) is 0 Å². The number of amides is 1. The van der Waals surface area contributed by atoms with E-state index in [4.69, 9.17) is 0 Å². The minimum atomic E-state index is -0.182. The molecule has 1 saturated carbocycles. The van der Waals surface area contributed by atoms with Crippen LogP contribution in [-0.4, -0.2) is 25.0 Å². The van der Waals surface area contributed by atoms with Gasteiger partial charge in [0.25, 0.3) is 0 Å². The van der Waals surface area contributed by atoms with E-state index in [1.165, 1.54) is 19.3 Å². The molecule has 1 heterocycles. The molecular formula is C14H26N2O. The van der Waals surface area contributed by atoms with Crippen molar-refractivity contribution in [2.45, 2.75) is 58.4 Å². The molecule has 3 nitrogen and oxygen atoms in total. The van der Waals surface area contributed by atoms with Gasteiger partial charge in [-0.3, -0.25) is 4.79 Å². The molecule has 0 aromatic heterocycles. The van der Waals surface area contributed by atoms with Crippen LogP contribution >= 0.6 is 0 Å². The maximum atomic E-state index is 12.3. The average Bonchev–Trinajstić information content (AvgIpc) is 2.30. The summed E-state index contributed by atoms with van der Waals surface area (Å²) in [6.45, 7) is 6.29. The standard InChI is InChI=1S/C14H26N2O/c1-11-5-3-6-12(9-11)16-13(17)14(2)7-4-8-15-10-14/h11-12,15H,3-10H2,1-2H3,(H,16,17). The first-order valence-corrected chi connectivity index (χ1v) is 7.12. The van der Waals surface area contributed by atoms with Crippen molar-refractivity contribution in [3.63, 3.8) is 0 Å². The van der Waals surface area contributed by atoms with Gasteiger partial charge >= 0.3 is 0 Å². The van der Waals surface area contributed by atoms with Crippen molar-refractivity contribution in [2.24, 2.45) is 11.3 Å². The molecule has 2 rings (SSSR count). The van der Waals surface area contributed by atoms with E-state index >= 15 is 0 Å². The molecule has 0 spiro atoms. The third kappa shape index (κ3) is 3.21. The third-order valence-electron chi connectivity index (χ3n) is 4.42. The fraction of sp³-hybridized carbons (Fsp3) is 0.929. The van der Waals surface area contributed by atoms with Crippen molar-refractivity contribution in [2.75, 3.05) is 13.1 Å². The number of rotatable bonds is 2. The van der Waals surface area contributed by atoms with Gasteiger partial charge in [0.2, 0.25) is 5.91 Å². The molecular weight excluding hydrogens is 212 g/mol. The first-order valence-electron chi connectivity index (χ1n) is 7.12. The molecule has 1 aliphatic heterocycles. The highest BCUT2D eigenvalue weighted by molar-refractivity contribution is 5.82. The number of carbonyl (C=O) groups excluding carboxylic acids is 1. The Morgan fingerprint density at radius 1 is 1.35 bits per heavy atom. The third-order valence-corrected chi connectivity index (χ3v) is 4.42. The lowest BCUT2D eigenvalue weighted by atomic mass is 9.80. The highest BCUT2D eigenvalue weighted by Gasteiger charge is 2.35. The van der Waals surface area contributed by atoms with Crippen LogP contribution in [-0.2, 0) is 4.79 Å². The zero-order valence-electron chi connectivity index (χ0n) is 11.2. The first kappa shape index (κ1) is 12.9. The van der Waals surface area contributed by atoms with E-state index in [0.717, 1.165) is 38.3 Å². The Balaban J connectivity index is 1.87. The van der Waals surface area contributed by atoms with Gasteiger partial charge < -0.3 is 10.6 Å². The summed E-state index contributed by atoms with van der Waals surface area (Å²) in [5.74, 6) is 1.04. The molecule has 17 heavy (non-hydrogen) atoms. The fourth-order valence-electron chi connectivity index (χ4n) is 3.17. The van der Waals surface area contributed by atoms with Gasteiger partial charge in [0.15, 0.2) is 0 Å². The van der Waals surface area contributed by atoms with Crippen molar-refractivity contribution >= 4 is 5.91 Å². The van der Waals surface area contributed by atoms with Gasteiger partial charge in [0, 0.05) is 12.6 Å². The van der Waals surface area contributed by atoms with Crippen LogP contribution in [0.3, 0.4) is 0 Å². The van der Waals surface area contributed by atoms with Crippen LogP contribution in [0.25, 0.3) is 0 Å². The molecule has 3 atom stereocenters. The lowest BCUT2D eigenvalue weighted by Crippen LogP contribution is -2.51. The van der Waals surface area contributed by atoms with Gasteiger partial charge in [-0.05, 0) is 45.1 Å². The molecule has 0 aromatic rings. The second-order valence-electron chi connectivity index (χ2n) is 6.28. The molecule has 2 aliphatic rings. The van der Waals surface area contributed by atoms with Gasteiger partial charge in [-0.15, -0.1) is 0 Å². The quantitative estimate of drug-likeness (QED) is 0.773. The van der Waals surface area contributed by atoms with Crippen molar-refractivity contribution in [3.05, 3.63) is 0 Å². The number of hydrogen-bond acceptors (Lipinski definition) is 2. The van der Waals surface area contributed by atoms with Crippen LogP contribution < -0.4 is 10.6 Å². The van der Waals surface area contributed by atoms with Gasteiger partial charge in [-0.1, -0.05) is 19.8 Å². The van der Waals surface area contributed by atoms with E-state index in [2.05, 4.69) is 24.5 Å². The highest BCUT2D eigenvalue weighted by atomic mass is 16.2. The second-order valence-corrected chi connectivity index (χ2v) is 6.28. The van der Waals surface area contributed by atoms with Crippen LogP contribution in [0.15, 0.2) is 0 Å². The molecule has 3 unspecified atom stereocenters. The van der Waals surface area contributed by atoms with E-state index in [9.17, 15) is 4.79 Å². The largest absolute Gasteiger partial charge is 0.353 e. The number of piperidine rings is 1. The Hall–Kier alpha value is -0.570. The molecule has 98 valence electrons. The Kier molecular flexibility index (Phi) is 4.08. The summed E-state index contributed by atoms with van der Waals surface area (Å²) in [4.78, 5) is 12.3. The molecule has 1 saturated heterocycles. The molecule has 2 fully saturated rings. The fourth-order valence-corrected chi connectivity index (χ4v) is 3.17. The number of nitrogens with one attached hydrogen (secondary N) is 2. The lowest BCUT2D eigenvalue weighted by molar-refractivity contribution is -0.132. The van der Waals surface area contributed by atoms with Crippen LogP contribution in [0.5, 0.6) is 0 Å². The zero-order valence-corrected chi connectivity index (χ0v) is 11.2. The summed E-state index contributed by atoms with van der Waals surface area (Å²) in [5.41, 5.74) is -0.182. The normalized spacial score (nSPS) is 38.7. The average molecular weight is 238 g/mol. The predicted molar refractivity (Wildman–Crippen MR) is 69.8 cm³/mol. The summed E-state index contributed by atoms with van der Waals surface area (Å²) >= 11 is 0. The van der Waals surface area contributed by atoms with E-state index in [1.54, 1.807) is 0 Å². The van der Waals surface area contributed by atoms with Gasteiger partial charge in [-0.25, -0.2) is 0 Å². The first-order chi connectivity index (χ1) is 8.10. The number of hydrogen-bond donors (Lipinski definition) is 2. The maximum Gasteiger partial charge on any atom is 0.227 e. The van der Waals surface area contributed by atoms with Crippen molar-refractivity contribution in [1.29, 1.82) is 0 Å². The SMILES string of the molecule is CC1CCCC(NC(=O)C2(C)CCCNC2)C1. The molecule has 2 N–H and O–H groups in total. The van der Waals surface area contributed by atoms with Crippen molar-refractivity contribution in [3.8, 4) is 0 Å². The van der Waals surface area contributed by atoms with Gasteiger partial charge in [-0.2, -0.15) is 0 Å². The zero-order chi connectivity index (χ0) is 12.3. The lowest BCUT2D eigenvalue weighted by Gasteiger charge is -2.36. The summed E-state index contributed by atoms with van der Waals surface area (Å²) in [5, 5.41) is 6.62. The van der Waals surface area contributed by atoms with Gasteiger partial charge in [0.05, 0.1) is 5.41 Å². The summed E-state index contributed by atoms with van der Waals surface area (Å²) in [7, 11) is 0. The van der Waals surface area contributed by atoms with Crippen LogP contribution in [0.1, 0.15) is 52.4 Å². The summed E-state index contributed by atoms with van der Waals surface area (Å²) in [6.07, 6.45) is 7.06. The van der Waals surface area contributed by atoms with Gasteiger partial charge in [0.1, 0.15) is 0 Å². The van der Waals surface area contributed by atoms with Crippen LogP contribution in [0.2, 0.25) is 0 Å². The maximum absolute atomic E-state index is 12.3. The topological polar surface area (TPSA) is 41.1 Å². The van der Waals surface area contributed by atoms with E-state index < -0.39 is 0 Å². The Morgan fingerprint density at radius 2 is 2.18 bits per heavy atom. The molecule has 0 aromatic carbocycles. The second kappa shape index (κ2) is 5.38. The Bertz CT molecular complexity index is 271. The summed E-state index contributed by atoms with van der Waals surface area (Å²) in [6, 6.07) is 0.421. The van der Waals surface area contributed by atoms with E-state index in [0.29, 0.717) is 6.04 Å². The smallest absolute Gasteiger partial charge is 0.227 e. The van der Waals surface area contributed by atoms with Crippen molar-refractivity contribution < 1.29 is 4.79 Å². The molecule has 1 aliphatic carbocycles. The van der Waals surface area contributed by atoms with Crippen LogP contribution in [0, 0.1) is 11.3 Å². The van der Waals surface area contributed by atoms with Crippen molar-refractivity contribution in [1.82, 2.24) is 10.6 Å².